The van der Waals surface area contributed by atoms with Crippen LogP contribution in [0.15, 0.2) is 24.3 Å². The summed E-state index contributed by atoms with van der Waals surface area (Å²) < 4.78 is 13.3. The highest BCUT2D eigenvalue weighted by Crippen LogP contribution is 2.32. The van der Waals surface area contributed by atoms with Gasteiger partial charge in [-0.2, -0.15) is 0 Å². The Morgan fingerprint density at radius 2 is 1.65 bits per heavy atom. The molecule has 3 nitrogen and oxygen atoms in total. The number of nitrogens with zero attached hydrogens (tertiary/aromatic N) is 2. The van der Waals surface area contributed by atoms with Crippen molar-refractivity contribution in [3.63, 3.8) is 0 Å². The van der Waals surface area contributed by atoms with Crippen LogP contribution in [0.3, 0.4) is 0 Å². The first-order valence-corrected chi connectivity index (χ1v) is 10.4. The van der Waals surface area contributed by atoms with Gasteiger partial charge in [-0.15, -0.1) is 0 Å². The number of halogens is 1. The lowest BCUT2D eigenvalue weighted by molar-refractivity contribution is -0.119. The molecular formula is C22H33FN2O. The fourth-order valence-corrected chi connectivity index (χ4v) is 4.76. The van der Waals surface area contributed by atoms with Crippen LogP contribution in [-0.2, 0) is 4.79 Å². The Morgan fingerprint density at radius 3 is 2.19 bits per heavy atom. The van der Waals surface area contributed by atoms with Crippen molar-refractivity contribution in [1.29, 1.82) is 0 Å². The van der Waals surface area contributed by atoms with E-state index in [1.807, 2.05) is 11.8 Å². The van der Waals surface area contributed by atoms with Crippen LogP contribution in [-0.4, -0.2) is 36.0 Å². The summed E-state index contributed by atoms with van der Waals surface area (Å²) >= 11 is 0. The van der Waals surface area contributed by atoms with Gasteiger partial charge in [-0.05, 0) is 68.7 Å². The highest BCUT2D eigenvalue weighted by Gasteiger charge is 2.32. The van der Waals surface area contributed by atoms with Gasteiger partial charge in [0.2, 0.25) is 5.91 Å². The Balaban J connectivity index is 1.61. The first-order chi connectivity index (χ1) is 12.6. The molecule has 144 valence electrons. The molecule has 3 rings (SSSR count). The summed E-state index contributed by atoms with van der Waals surface area (Å²) in [7, 11) is 0. The number of amides is 1. The molecule has 0 N–H and O–H groups in total. The summed E-state index contributed by atoms with van der Waals surface area (Å²) in [4.78, 5) is 17.1. The van der Waals surface area contributed by atoms with Gasteiger partial charge in [0.05, 0.1) is 0 Å². The van der Waals surface area contributed by atoms with Crippen LogP contribution in [0.5, 0.6) is 0 Å². The van der Waals surface area contributed by atoms with Crippen molar-refractivity contribution in [1.82, 2.24) is 4.90 Å². The molecule has 1 aliphatic carbocycles. The minimum absolute atomic E-state index is 0.138. The Labute approximate surface area is 157 Å². The van der Waals surface area contributed by atoms with Gasteiger partial charge in [0.25, 0.3) is 0 Å². The second-order valence-corrected chi connectivity index (χ2v) is 7.94. The largest absolute Gasteiger partial charge is 0.309 e. The van der Waals surface area contributed by atoms with Gasteiger partial charge < -0.3 is 9.80 Å². The SMILES string of the molecule is CCC(=O)N(c1ccc(F)cc1)C1CCN(C2CCC(CC)CC2)CC1. The number of likely N-dealkylation sites (tertiary alicyclic amines) is 1. The molecule has 2 aliphatic rings. The first-order valence-electron chi connectivity index (χ1n) is 10.4. The lowest BCUT2D eigenvalue weighted by Gasteiger charge is -2.43. The summed E-state index contributed by atoms with van der Waals surface area (Å²) in [5.41, 5.74) is 0.833. The molecule has 1 aromatic rings. The zero-order valence-electron chi connectivity index (χ0n) is 16.3. The number of anilines is 1. The van der Waals surface area contributed by atoms with Crippen LogP contribution in [0.2, 0.25) is 0 Å². The van der Waals surface area contributed by atoms with Gasteiger partial charge in [0, 0.05) is 37.3 Å². The smallest absolute Gasteiger partial charge is 0.226 e. The van der Waals surface area contributed by atoms with Gasteiger partial charge in [0.15, 0.2) is 0 Å². The third-order valence-electron chi connectivity index (χ3n) is 6.45. The highest BCUT2D eigenvalue weighted by atomic mass is 19.1. The summed E-state index contributed by atoms with van der Waals surface area (Å²) in [6.07, 6.45) is 9.23. The molecule has 1 heterocycles. The second kappa shape index (κ2) is 8.98. The molecule has 1 saturated carbocycles. The maximum Gasteiger partial charge on any atom is 0.226 e. The molecule has 0 bridgehead atoms. The van der Waals surface area contributed by atoms with E-state index in [0.717, 1.165) is 43.6 Å². The molecular weight excluding hydrogens is 327 g/mol. The van der Waals surface area contributed by atoms with E-state index in [2.05, 4.69) is 11.8 Å². The molecule has 1 aliphatic heterocycles. The molecule has 4 heteroatoms. The third kappa shape index (κ3) is 4.46. The fourth-order valence-electron chi connectivity index (χ4n) is 4.76. The van der Waals surface area contributed by atoms with Crippen molar-refractivity contribution >= 4 is 11.6 Å². The number of rotatable bonds is 5. The Morgan fingerprint density at radius 1 is 1.04 bits per heavy atom. The van der Waals surface area contributed by atoms with Gasteiger partial charge in [0.1, 0.15) is 5.82 Å². The first kappa shape index (κ1) is 19.3. The zero-order chi connectivity index (χ0) is 18.5. The van der Waals surface area contributed by atoms with Crippen molar-refractivity contribution in [2.24, 2.45) is 5.92 Å². The molecule has 0 spiro atoms. The van der Waals surface area contributed by atoms with Crippen molar-refractivity contribution in [2.45, 2.75) is 77.3 Å². The molecule has 0 unspecified atom stereocenters. The number of carbonyl (C=O) groups excluding carboxylic acids is 1. The maximum atomic E-state index is 13.3. The van der Waals surface area contributed by atoms with Crippen molar-refractivity contribution in [3.05, 3.63) is 30.1 Å². The monoisotopic (exact) mass is 360 g/mol. The zero-order valence-corrected chi connectivity index (χ0v) is 16.3. The van der Waals surface area contributed by atoms with E-state index in [4.69, 9.17) is 0 Å². The van der Waals surface area contributed by atoms with Crippen LogP contribution in [0.1, 0.15) is 65.2 Å². The maximum absolute atomic E-state index is 13.3. The van der Waals surface area contributed by atoms with E-state index in [-0.39, 0.29) is 17.8 Å². The van der Waals surface area contributed by atoms with E-state index < -0.39 is 0 Å². The minimum Gasteiger partial charge on any atom is -0.309 e. The fraction of sp³-hybridized carbons (Fsp3) is 0.682. The molecule has 2 fully saturated rings. The average Bonchev–Trinajstić information content (AvgIpc) is 2.70. The van der Waals surface area contributed by atoms with Gasteiger partial charge >= 0.3 is 0 Å². The third-order valence-corrected chi connectivity index (χ3v) is 6.45. The number of benzene rings is 1. The number of piperidine rings is 1. The van der Waals surface area contributed by atoms with Crippen LogP contribution >= 0.6 is 0 Å². The lowest BCUT2D eigenvalue weighted by Crippen LogP contribution is -2.50. The topological polar surface area (TPSA) is 23.6 Å². The van der Waals surface area contributed by atoms with Crippen molar-refractivity contribution < 1.29 is 9.18 Å². The van der Waals surface area contributed by atoms with E-state index in [1.54, 1.807) is 12.1 Å². The van der Waals surface area contributed by atoms with E-state index in [1.165, 1.54) is 44.2 Å². The van der Waals surface area contributed by atoms with Crippen LogP contribution in [0.25, 0.3) is 0 Å². The quantitative estimate of drug-likeness (QED) is 0.737. The predicted molar refractivity (Wildman–Crippen MR) is 105 cm³/mol. The lowest BCUT2D eigenvalue weighted by atomic mass is 9.83. The summed E-state index contributed by atoms with van der Waals surface area (Å²) in [5, 5.41) is 0. The van der Waals surface area contributed by atoms with Crippen LogP contribution in [0.4, 0.5) is 10.1 Å². The van der Waals surface area contributed by atoms with Crippen molar-refractivity contribution in [2.75, 3.05) is 18.0 Å². The van der Waals surface area contributed by atoms with Crippen LogP contribution in [0, 0.1) is 11.7 Å². The van der Waals surface area contributed by atoms with Gasteiger partial charge in [-0.1, -0.05) is 20.3 Å². The van der Waals surface area contributed by atoms with E-state index in [9.17, 15) is 9.18 Å². The normalized spacial score (nSPS) is 25.2. The Bertz CT molecular complexity index is 572. The highest BCUT2D eigenvalue weighted by molar-refractivity contribution is 5.93. The number of hydrogen-bond acceptors (Lipinski definition) is 2. The minimum atomic E-state index is -0.254. The number of hydrogen-bond donors (Lipinski definition) is 0. The average molecular weight is 361 g/mol. The Kier molecular flexibility index (Phi) is 6.68. The summed E-state index contributed by atoms with van der Waals surface area (Å²) in [6.45, 7) is 6.35. The molecule has 0 atom stereocenters. The van der Waals surface area contributed by atoms with Gasteiger partial charge in [-0.25, -0.2) is 4.39 Å². The standard InChI is InChI=1S/C22H33FN2O/c1-3-17-5-9-19(10-6-17)24-15-13-21(14-16-24)25(22(26)4-2)20-11-7-18(23)8-12-20/h7-8,11-12,17,19,21H,3-6,9-10,13-16H2,1-2H3. The predicted octanol–water partition coefficient (Wildman–Crippen LogP) is 5.00. The van der Waals surface area contributed by atoms with Crippen LogP contribution < -0.4 is 4.90 Å². The second-order valence-electron chi connectivity index (χ2n) is 7.94. The van der Waals surface area contributed by atoms with E-state index in [0.29, 0.717) is 6.42 Å². The molecule has 1 saturated heterocycles. The van der Waals surface area contributed by atoms with E-state index >= 15 is 0 Å². The molecule has 1 amide bonds. The van der Waals surface area contributed by atoms with Crippen molar-refractivity contribution in [3.8, 4) is 0 Å². The summed E-state index contributed by atoms with van der Waals surface area (Å²) in [6, 6.07) is 7.35. The summed E-state index contributed by atoms with van der Waals surface area (Å²) in [5.74, 6) is 0.814. The molecule has 0 aromatic heterocycles. The molecule has 26 heavy (non-hydrogen) atoms. The van der Waals surface area contributed by atoms with Gasteiger partial charge in [-0.3, -0.25) is 4.79 Å². The number of carbonyl (C=O) groups is 1. The Hall–Kier alpha value is -1.42. The molecule has 1 aromatic carbocycles. The molecule has 0 radical (unpaired) electrons.